The van der Waals surface area contributed by atoms with Gasteiger partial charge in [0.05, 0.1) is 13.2 Å². The fourth-order valence-electron chi connectivity index (χ4n) is 4.57. The van der Waals surface area contributed by atoms with Crippen molar-refractivity contribution in [2.75, 3.05) is 32.9 Å². The molecule has 0 radical (unpaired) electrons. The highest BCUT2D eigenvalue weighted by molar-refractivity contribution is 5.32. The van der Waals surface area contributed by atoms with Gasteiger partial charge >= 0.3 is 0 Å². The van der Waals surface area contributed by atoms with Crippen LogP contribution in [0.2, 0.25) is 0 Å². The number of hydrogen-bond donors (Lipinski definition) is 2. The second kappa shape index (κ2) is 12.5. The molecule has 1 aromatic carbocycles. The number of aliphatic hydroxyl groups is 1. The van der Waals surface area contributed by atoms with Crippen LogP contribution >= 0.6 is 0 Å². The summed E-state index contributed by atoms with van der Waals surface area (Å²) in [5.74, 6) is 2.37. The largest absolute Gasteiger partial charge is 0.483 e. The third-order valence-electron chi connectivity index (χ3n) is 6.06. The Morgan fingerprint density at radius 2 is 1.87 bits per heavy atom. The van der Waals surface area contributed by atoms with Crippen molar-refractivity contribution in [3.63, 3.8) is 0 Å². The number of carbonyl (C=O) groups is 1. The molecule has 4 rings (SSSR count). The quantitative estimate of drug-likeness (QED) is 0.649. The van der Waals surface area contributed by atoms with Crippen LogP contribution in [0.25, 0.3) is 0 Å². The highest BCUT2D eigenvalue weighted by Crippen LogP contribution is 2.29. The van der Waals surface area contributed by atoms with Crippen LogP contribution in [0.5, 0.6) is 0 Å². The number of benzene rings is 1. The van der Waals surface area contributed by atoms with E-state index in [0.29, 0.717) is 18.5 Å². The van der Waals surface area contributed by atoms with Gasteiger partial charge in [-0.25, -0.2) is 9.67 Å². The van der Waals surface area contributed by atoms with Crippen LogP contribution in [-0.4, -0.2) is 75.3 Å². The van der Waals surface area contributed by atoms with Gasteiger partial charge in [0.25, 0.3) is 6.47 Å². The Labute approximate surface area is 183 Å². The van der Waals surface area contributed by atoms with Gasteiger partial charge in [-0.05, 0) is 44.2 Å². The van der Waals surface area contributed by atoms with Gasteiger partial charge in [-0.1, -0.05) is 30.3 Å². The Bertz CT molecular complexity index is 777. The van der Waals surface area contributed by atoms with E-state index in [-0.39, 0.29) is 13.1 Å². The molecule has 0 aliphatic carbocycles. The zero-order chi connectivity index (χ0) is 21.9. The topological polar surface area (TPSA) is 101 Å². The van der Waals surface area contributed by atoms with Crippen molar-refractivity contribution in [3.05, 3.63) is 47.5 Å². The lowest BCUT2D eigenvalue weighted by molar-refractivity contribution is -0.122. The summed E-state index contributed by atoms with van der Waals surface area (Å²) in [6.07, 6.45) is 6.42. The number of piperidine rings is 1. The molecule has 2 saturated heterocycles. The fraction of sp³-hybridized carbons (Fsp3) is 0.609. The molecule has 0 bridgehead atoms. The summed E-state index contributed by atoms with van der Waals surface area (Å²) < 4.78 is 7.50. The molecular formula is C23H34N4O4. The Kier molecular flexibility index (Phi) is 9.45. The van der Waals surface area contributed by atoms with E-state index in [4.69, 9.17) is 24.7 Å². The van der Waals surface area contributed by atoms with E-state index in [2.05, 4.69) is 29.2 Å². The van der Waals surface area contributed by atoms with Crippen molar-refractivity contribution < 1.29 is 19.7 Å². The number of hydrogen-bond acceptors (Lipinski definition) is 6. The number of aromatic nitrogens is 3. The van der Waals surface area contributed by atoms with Crippen molar-refractivity contribution in [2.24, 2.45) is 0 Å². The van der Waals surface area contributed by atoms with Crippen LogP contribution in [-0.2, 0) is 28.9 Å². The van der Waals surface area contributed by atoms with Gasteiger partial charge in [-0.15, -0.1) is 0 Å². The minimum atomic E-state index is -0.250. The standard InChI is InChI=1S/C22H32N4O2.CH2O2/c27-14-13-26-22(23-21(24-26)9-8-18-5-2-1-3-6-18)19-7-4-12-25(17-19)20-10-15-28-16-11-20;2-1-3/h1-3,5-6,19-20,27H,4,7-17H2;1H,(H,2,3). The smallest absolute Gasteiger partial charge is 0.290 e. The summed E-state index contributed by atoms with van der Waals surface area (Å²) in [6, 6.07) is 11.1. The third kappa shape index (κ3) is 6.85. The first-order valence-electron chi connectivity index (χ1n) is 11.2. The highest BCUT2D eigenvalue weighted by atomic mass is 16.5. The van der Waals surface area contributed by atoms with E-state index in [9.17, 15) is 5.11 Å². The van der Waals surface area contributed by atoms with Crippen LogP contribution in [0, 0.1) is 0 Å². The number of aliphatic hydroxyl groups excluding tert-OH is 1. The molecule has 0 spiro atoms. The van der Waals surface area contributed by atoms with Crippen LogP contribution in [0.4, 0.5) is 0 Å². The van der Waals surface area contributed by atoms with Crippen molar-refractivity contribution in [1.82, 2.24) is 19.7 Å². The van der Waals surface area contributed by atoms with E-state index in [1.807, 2.05) is 10.7 Å². The van der Waals surface area contributed by atoms with E-state index in [1.165, 1.54) is 18.5 Å². The SMILES string of the molecule is O=CO.OCCn1nc(CCc2ccccc2)nc1C1CCCN(C2CCOCC2)C1. The predicted octanol–water partition coefficient (Wildman–Crippen LogP) is 2.11. The van der Waals surface area contributed by atoms with Gasteiger partial charge in [0.15, 0.2) is 5.82 Å². The molecule has 1 aromatic heterocycles. The molecule has 8 nitrogen and oxygen atoms in total. The zero-order valence-corrected chi connectivity index (χ0v) is 18.1. The minimum Gasteiger partial charge on any atom is -0.483 e. The number of likely N-dealkylation sites (tertiary alicyclic amines) is 1. The molecule has 2 N–H and O–H groups in total. The molecule has 0 saturated carbocycles. The monoisotopic (exact) mass is 430 g/mol. The zero-order valence-electron chi connectivity index (χ0n) is 18.1. The van der Waals surface area contributed by atoms with Crippen molar-refractivity contribution in [3.8, 4) is 0 Å². The first kappa shape index (κ1) is 23.4. The third-order valence-corrected chi connectivity index (χ3v) is 6.06. The Morgan fingerprint density at radius 1 is 1.13 bits per heavy atom. The van der Waals surface area contributed by atoms with Crippen molar-refractivity contribution >= 4 is 6.47 Å². The Balaban J connectivity index is 0.000000858. The summed E-state index contributed by atoms with van der Waals surface area (Å²) >= 11 is 0. The van der Waals surface area contributed by atoms with Gasteiger partial charge in [-0.3, -0.25) is 9.69 Å². The first-order chi connectivity index (χ1) is 15.2. The molecular weight excluding hydrogens is 396 g/mol. The molecule has 2 aromatic rings. The highest BCUT2D eigenvalue weighted by Gasteiger charge is 2.30. The molecule has 2 aliphatic rings. The summed E-state index contributed by atoms with van der Waals surface area (Å²) in [5.41, 5.74) is 1.31. The number of aryl methyl sites for hydroxylation is 2. The van der Waals surface area contributed by atoms with Gasteiger partial charge in [0, 0.05) is 38.1 Å². The fourth-order valence-corrected chi connectivity index (χ4v) is 4.57. The second-order valence-electron chi connectivity index (χ2n) is 8.10. The number of ether oxygens (including phenoxy) is 1. The Hall–Kier alpha value is -2.29. The van der Waals surface area contributed by atoms with E-state index >= 15 is 0 Å². The summed E-state index contributed by atoms with van der Waals surface area (Å²) in [7, 11) is 0. The van der Waals surface area contributed by atoms with Crippen LogP contribution in [0.15, 0.2) is 30.3 Å². The predicted molar refractivity (Wildman–Crippen MR) is 117 cm³/mol. The first-order valence-corrected chi connectivity index (χ1v) is 11.2. The van der Waals surface area contributed by atoms with Gasteiger partial charge in [0.1, 0.15) is 5.82 Å². The maximum atomic E-state index is 9.50. The summed E-state index contributed by atoms with van der Waals surface area (Å²) in [4.78, 5) is 15.9. The minimum absolute atomic E-state index is 0.102. The van der Waals surface area contributed by atoms with E-state index in [0.717, 1.165) is 63.5 Å². The maximum Gasteiger partial charge on any atom is 0.290 e. The molecule has 8 heteroatoms. The second-order valence-corrected chi connectivity index (χ2v) is 8.10. The van der Waals surface area contributed by atoms with Gasteiger partial charge < -0.3 is 14.9 Å². The lowest BCUT2D eigenvalue weighted by Gasteiger charge is -2.39. The van der Waals surface area contributed by atoms with Gasteiger partial charge in [0.2, 0.25) is 0 Å². The van der Waals surface area contributed by atoms with Crippen molar-refractivity contribution in [1.29, 1.82) is 0 Å². The van der Waals surface area contributed by atoms with Crippen LogP contribution in [0.3, 0.4) is 0 Å². The lowest BCUT2D eigenvalue weighted by Crippen LogP contribution is -2.45. The maximum absolute atomic E-state index is 9.50. The molecule has 2 aliphatic heterocycles. The van der Waals surface area contributed by atoms with E-state index in [1.54, 1.807) is 0 Å². The summed E-state index contributed by atoms with van der Waals surface area (Å²) in [5, 5.41) is 21.1. The molecule has 0 amide bonds. The molecule has 31 heavy (non-hydrogen) atoms. The normalized spacial score (nSPS) is 20.1. The Morgan fingerprint density at radius 3 is 2.58 bits per heavy atom. The van der Waals surface area contributed by atoms with Crippen LogP contribution < -0.4 is 0 Å². The number of nitrogens with zero attached hydrogens (tertiary/aromatic N) is 4. The molecule has 170 valence electrons. The van der Waals surface area contributed by atoms with Crippen molar-refractivity contribution in [2.45, 2.75) is 57.0 Å². The molecule has 1 unspecified atom stereocenters. The molecule has 3 heterocycles. The molecule has 1 atom stereocenters. The average Bonchev–Trinajstić information content (AvgIpc) is 3.23. The van der Waals surface area contributed by atoms with Gasteiger partial charge in [-0.2, -0.15) is 5.10 Å². The number of carboxylic acid groups (broad SMARTS) is 1. The van der Waals surface area contributed by atoms with Crippen LogP contribution in [0.1, 0.15) is 48.8 Å². The number of rotatable bonds is 7. The average molecular weight is 431 g/mol. The summed E-state index contributed by atoms with van der Waals surface area (Å²) in [6.45, 7) is 4.38. The van der Waals surface area contributed by atoms with E-state index < -0.39 is 0 Å². The lowest BCUT2D eigenvalue weighted by atomic mass is 9.94. The molecule has 2 fully saturated rings.